The van der Waals surface area contributed by atoms with E-state index in [2.05, 4.69) is 70.4 Å². The second-order valence-electron chi connectivity index (χ2n) is 4.68. The highest BCUT2D eigenvalue weighted by molar-refractivity contribution is 9.10. The molecule has 0 aliphatic carbocycles. The van der Waals surface area contributed by atoms with Crippen LogP contribution in [0.1, 0.15) is 36.1 Å². The molecule has 0 saturated heterocycles. The van der Waals surface area contributed by atoms with Gasteiger partial charge in [0, 0.05) is 16.9 Å². The van der Waals surface area contributed by atoms with Gasteiger partial charge in [-0.3, -0.25) is 4.98 Å². The molecule has 0 aliphatic heterocycles. The van der Waals surface area contributed by atoms with Gasteiger partial charge in [0.2, 0.25) is 0 Å². The summed E-state index contributed by atoms with van der Waals surface area (Å²) in [5, 5.41) is 3.61. The van der Waals surface area contributed by atoms with Crippen LogP contribution in [0.15, 0.2) is 47.2 Å². The molecule has 0 aliphatic rings. The summed E-state index contributed by atoms with van der Waals surface area (Å²) in [5.74, 6) is 0. The lowest BCUT2D eigenvalue weighted by atomic mass is 9.96. The Kier molecular flexibility index (Phi) is 5.11. The van der Waals surface area contributed by atoms with Crippen LogP contribution < -0.4 is 5.32 Å². The van der Waals surface area contributed by atoms with Crippen molar-refractivity contribution >= 4 is 15.9 Å². The lowest BCUT2D eigenvalue weighted by Gasteiger charge is -2.21. The van der Waals surface area contributed by atoms with E-state index < -0.39 is 0 Å². The van der Waals surface area contributed by atoms with Crippen molar-refractivity contribution in [1.82, 2.24) is 10.3 Å². The highest BCUT2D eigenvalue weighted by Crippen LogP contribution is 2.26. The normalized spacial score (nSPS) is 12.4. The van der Waals surface area contributed by atoms with E-state index in [9.17, 15) is 0 Å². The number of halogens is 1. The molecular weight excluding hydrogens is 300 g/mol. The topological polar surface area (TPSA) is 24.9 Å². The van der Waals surface area contributed by atoms with Crippen molar-refractivity contribution < 1.29 is 0 Å². The molecule has 0 bridgehead atoms. The number of pyridine rings is 1. The molecule has 2 aromatic rings. The molecule has 0 saturated carbocycles. The maximum Gasteiger partial charge on any atom is 0.0594 e. The number of hydrogen-bond acceptors (Lipinski definition) is 2. The zero-order chi connectivity index (χ0) is 13.7. The van der Waals surface area contributed by atoms with Gasteiger partial charge in [0.15, 0.2) is 0 Å². The standard InChI is InChI=1S/C16H19BrN2/c1-3-8-19-16(13-9-14(17)11-18-10-13)15-7-5-4-6-12(15)2/h4-7,9-11,16,19H,3,8H2,1-2H3. The van der Waals surface area contributed by atoms with Crippen LogP contribution in [0, 0.1) is 6.92 Å². The molecule has 3 heteroatoms. The molecule has 1 aromatic carbocycles. The summed E-state index contributed by atoms with van der Waals surface area (Å²) in [6.07, 6.45) is 4.87. The first kappa shape index (κ1) is 14.2. The fraction of sp³-hybridized carbons (Fsp3) is 0.312. The van der Waals surface area contributed by atoms with Gasteiger partial charge < -0.3 is 5.32 Å². The van der Waals surface area contributed by atoms with E-state index >= 15 is 0 Å². The van der Waals surface area contributed by atoms with Crippen LogP contribution in [0.25, 0.3) is 0 Å². The molecule has 0 radical (unpaired) electrons. The van der Waals surface area contributed by atoms with E-state index in [1.165, 1.54) is 16.7 Å². The van der Waals surface area contributed by atoms with Crippen LogP contribution in [0.2, 0.25) is 0 Å². The van der Waals surface area contributed by atoms with Crippen LogP contribution in [0.4, 0.5) is 0 Å². The maximum absolute atomic E-state index is 4.28. The Morgan fingerprint density at radius 2 is 2.05 bits per heavy atom. The first-order valence-corrected chi connectivity index (χ1v) is 7.41. The van der Waals surface area contributed by atoms with Gasteiger partial charge in [0.1, 0.15) is 0 Å². The van der Waals surface area contributed by atoms with E-state index in [-0.39, 0.29) is 6.04 Å². The highest BCUT2D eigenvalue weighted by Gasteiger charge is 2.15. The van der Waals surface area contributed by atoms with Gasteiger partial charge in [-0.15, -0.1) is 0 Å². The molecule has 100 valence electrons. The van der Waals surface area contributed by atoms with Crippen LogP contribution in [0.3, 0.4) is 0 Å². The van der Waals surface area contributed by atoms with Crippen LogP contribution in [0.5, 0.6) is 0 Å². The molecule has 2 rings (SSSR count). The molecule has 2 nitrogen and oxygen atoms in total. The lowest BCUT2D eigenvalue weighted by Crippen LogP contribution is -2.24. The third-order valence-electron chi connectivity index (χ3n) is 3.16. The predicted molar refractivity (Wildman–Crippen MR) is 83.3 cm³/mol. The first-order valence-electron chi connectivity index (χ1n) is 6.61. The van der Waals surface area contributed by atoms with Gasteiger partial charge in [-0.1, -0.05) is 31.2 Å². The van der Waals surface area contributed by atoms with Crippen molar-refractivity contribution in [3.8, 4) is 0 Å². The summed E-state index contributed by atoms with van der Waals surface area (Å²) < 4.78 is 1.02. The summed E-state index contributed by atoms with van der Waals surface area (Å²) in [7, 11) is 0. The third kappa shape index (κ3) is 3.64. The maximum atomic E-state index is 4.28. The van der Waals surface area contributed by atoms with Gasteiger partial charge in [-0.05, 0) is 58.6 Å². The summed E-state index contributed by atoms with van der Waals surface area (Å²) in [4.78, 5) is 4.28. The van der Waals surface area contributed by atoms with Crippen LogP contribution >= 0.6 is 15.9 Å². The Hall–Kier alpha value is -1.19. The van der Waals surface area contributed by atoms with E-state index in [4.69, 9.17) is 0 Å². The van der Waals surface area contributed by atoms with E-state index in [1.807, 2.05) is 12.4 Å². The Morgan fingerprint density at radius 1 is 1.26 bits per heavy atom. The Bertz CT molecular complexity index is 540. The summed E-state index contributed by atoms with van der Waals surface area (Å²) in [5.41, 5.74) is 3.81. The van der Waals surface area contributed by atoms with Crippen molar-refractivity contribution in [3.05, 3.63) is 63.9 Å². The third-order valence-corrected chi connectivity index (χ3v) is 3.59. The van der Waals surface area contributed by atoms with Crippen molar-refractivity contribution in [1.29, 1.82) is 0 Å². The minimum absolute atomic E-state index is 0.200. The van der Waals surface area contributed by atoms with Gasteiger partial charge in [0.05, 0.1) is 6.04 Å². The molecule has 0 amide bonds. The summed E-state index contributed by atoms with van der Waals surface area (Å²) in [6, 6.07) is 10.8. The number of aromatic nitrogens is 1. The zero-order valence-electron chi connectivity index (χ0n) is 11.4. The number of benzene rings is 1. The second kappa shape index (κ2) is 6.83. The monoisotopic (exact) mass is 318 g/mol. The Balaban J connectivity index is 2.38. The number of aryl methyl sites for hydroxylation is 1. The molecule has 1 heterocycles. The molecule has 19 heavy (non-hydrogen) atoms. The number of hydrogen-bond donors (Lipinski definition) is 1. The zero-order valence-corrected chi connectivity index (χ0v) is 12.9. The quantitative estimate of drug-likeness (QED) is 0.891. The molecular formula is C16H19BrN2. The van der Waals surface area contributed by atoms with E-state index in [0.29, 0.717) is 0 Å². The largest absolute Gasteiger partial charge is 0.306 e. The molecule has 1 aromatic heterocycles. The number of rotatable bonds is 5. The fourth-order valence-corrected chi connectivity index (χ4v) is 2.58. The van der Waals surface area contributed by atoms with Crippen LogP contribution in [-0.4, -0.2) is 11.5 Å². The first-order chi connectivity index (χ1) is 9.22. The minimum Gasteiger partial charge on any atom is -0.306 e. The van der Waals surface area contributed by atoms with Gasteiger partial charge in [-0.2, -0.15) is 0 Å². The fourth-order valence-electron chi connectivity index (χ4n) is 2.19. The molecule has 1 unspecified atom stereocenters. The van der Waals surface area contributed by atoms with Crippen molar-refractivity contribution in [2.24, 2.45) is 0 Å². The molecule has 1 atom stereocenters. The summed E-state index contributed by atoms with van der Waals surface area (Å²) >= 11 is 3.50. The Morgan fingerprint density at radius 3 is 2.74 bits per heavy atom. The van der Waals surface area contributed by atoms with E-state index in [0.717, 1.165) is 17.4 Å². The number of nitrogens with zero attached hydrogens (tertiary/aromatic N) is 1. The average Bonchev–Trinajstić information content (AvgIpc) is 2.41. The predicted octanol–water partition coefficient (Wildman–Crippen LogP) is 4.24. The average molecular weight is 319 g/mol. The lowest BCUT2D eigenvalue weighted by molar-refractivity contribution is 0.594. The summed E-state index contributed by atoms with van der Waals surface area (Å²) in [6.45, 7) is 5.33. The van der Waals surface area contributed by atoms with Crippen molar-refractivity contribution in [3.63, 3.8) is 0 Å². The van der Waals surface area contributed by atoms with Gasteiger partial charge in [-0.25, -0.2) is 0 Å². The van der Waals surface area contributed by atoms with E-state index in [1.54, 1.807) is 0 Å². The number of nitrogens with one attached hydrogen (secondary N) is 1. The smallest absolute Gasteiger partial charge is 0.0594 e. The second-order valence-corrected chi connectivity index (χ2v) is 5.60. The SMILES string of the molecule is CCCNC(c1cncc(Br)c1)c1ccccc1C. The molecule has 0 fully saturated rings. The van der Waals surface area contributed by atoms with Gasteiger partial charge in [0.25, 0.3) is 0 Å². The molecule has 0 spiro atoms. The highest BCUT2D eigenvalue weighted by atomic mass is 79.9. The molecule has 1 N–H and O–H groups in total. The Labute approximate surface area is 123 Å². The van der Waals surface area contributed by atoms with Crippen molar-refractivity contribution in [2.75, 3.05) is 6.54 Å². The van der Waals surface area contributed by atoms with Gasteiger partial charge >= 0.3 is 0 Å². The minimum atomic E-state index is 0.200. The van der Waals surface area contributed by atoms with Crippen molar-refractivity contribution in [2.45, 2.75) is 26.3 Å². The van der Waals surface area contributed by atoms with Crippen LogP contribution in [-0.2, 0) is 0 Å².